The number of hydrogen-bond donors (Lipinski definition) is 1. The number of aliphatic hydroxyl groups is 1. The first-order valence-electron chi connectivity index (χ1n) is 3.34. The Hall–Kier alpha value is -0.370. The number of aliphatic hydroxyl groups excluding tert-OH is 1. The summed E-state index contributed by atoms with van der Waals surface area (Å²) in [4.78, 5) is 11.0. The van der Waals surface area contributed by atoms with Crippen LogP contribution in [-0.2, 0) is 4.79 Å². The summed E-state index contributed by atoms with van der Waals surface area (Å²) in [5, 5.41) is 9.12. The van der Waals surface area contributed by atoms with Crippen molar-refractivity contribution in [3.63, 3.8) is 0 Å². The van der Waals surface area contributed by atoms with Gasteiger partial charge in [-0.3, -0.25) is 4.79 Å². The number of ketones is 1. The zero-order chi connectivity index (χ0) is 7.02. The molecular weight excluding hydrogens is 116 g/mol. The monoisotopic (exact) mass is 128 g/mol. The Balaban J connectivity index is 2.65. The van der Waals surface area contributed by atoms with Gasteiger partial charge in [0.2, 0.25) is 0 Å². The average molecular weight is 128 g/mol. The van der Waals surface area contributed by atoms with Gasteiger partial charge in [0.1, 0.15) is 5.78 Å². The summed E-state index contributed by atoms with van der Waals surface area (Å²) in [5.74, 6) is 0.164. The highest BCUT2D eigenvalue weighted by atomic mass is 16.3. The molecular formula is C7H12O2. The molecule has 0 radical (unpaired) electrons. The second kappa shape index (κ2) is 2.10. The molecule has 0 amide bonds. The van der Waals surface area contributed by atoms with Gasteiger partial charge < -0.3 is 5.11 Å². The van der Waals surface area contributed by atoms with Crippen LogP contribution in [0.2, 0.25) is 0 Å². The third kappa shape index (κ3) is 0.990. The predicted molar refractivity (Wildman–Crippen MR) is 34.0 cm³/mol. The van der Waals surface area contributed by atoms with Gasteiger partial charge >= 0.3 is 0 Å². The van der Waals surface area contributed by atoms with Crippen LogP contribution in [0, 0.1) is 11.8 Å². The molecule has 1 N–H and O–H groups in total. The van der Waals surface area contributed by atoms with E-state index in [2.05, 4.69) is 0 Å². The van der Waals surface area contributed by atoms with E-state index < -0.39 is 0 Å². The van der Waals surface area contributed by atoms with Gasteiger partial charge in [0, 0.05) is 11.8 Å². The molecule has 52 valence electrons. The summed E-state index contributed by atoms with van der Waals surface area (Å²) in [6.45, 7) is 3.66. The highest BCUT2D eigenvalue weighted by Crippen LogP contribution is 2.26. The summed E-state index contributed by atoms with van der Waals surface area (Å²) >= 11 is 0. The van der Waals surface area contributed by atoms with Crippen LogP contribution >= 0.6 is 0 Å². The third-order valence-corrected chi connectivity index (χ3v) is 2.11. The maximum Gasteiger partial charge on any atom is 0.141 e. The number of carbonyl (C=O) groups is 1. The van der Waals surface area contributed by atoms with E-state index in [1.807, 2.05) is 6.92 Å². The normalized spacial score (nSPS) is 43.9. The summed E-state index contributed by atoms with van der Waals surface area (Å²) < 4.78 is 0. The molecule has 1 rings (SSSR count). The zero-order valence-electron chi connectivity index (χ0n) is 5.79. The van der Waals surface area contributed by atoms with Crippen LogP contribution < -0.4 is 0 Å². The first-order valence-corrected chi connectivity index (χ1v) is 3.34. The Morgan fingerprint density at radius 2 is 2.11 bits per heavy atom. The SMILES string of the molecule is CC1CC(O)[C@H](C)C1=O. The van der Waals surface area contributed by atoms with Gasteiger partial charge in [-0.2, -0.15) is 0 Å². The van der Waals surface area contributed by atoms with Crippen molar-refractivity contribution in [2.24, 2.45) is 11.8 Å². The van der Waals surface area contributed by atoms with Crippen molar-refractivity contribution in [2.75, 3.05) is 0 Å². The first-order chi connectivity index (χ1) is 4.13. The maximum absolute atomic E-state index is 11.0. The van der Waals surface area contributed by atoms with Gasteiger partial charge in [-0.05, 0) is 6.42 Å². The quantitative estimate of drug-likeness (QED) is 0.518. The van der Waals surface area contributed by atoms with Crippen LogP contribution in [0.4, 0.5) is 0 Å². The van der Waals surface area contributed by atoms with Crippen LogP contribution in [0.15, 0.2) is 0 Å². The highest BCUT2D eigenvalue weighted by molar-refractivity contribution is 5.85. The van der Waals surface area contributed by atoms with Crippen molar-refractivity contribution in [1.29, 1.82) is 0 Å². The van der Waals surface area contributed by atoms with Crippen molar-refractivity contribution in [1.82, 2.24) is 0 Å². The molecule has 1 saturated carbocycles. The molecule has 0 heterocycles. The number of Topliss-reactive ketones (excluding diaryl/α,β-unsaturated/α-hetero) is 1. The molecule has 0 aromatic heterocycles. The molecule has 0 aromatic rings. The van der Waals surface area contributed by atoms with Crippen LogP contribution in [-0.4, -0.2) is 17.0 Å². The molecule has 2 heteroatoms. The van der Waals surface area contributed by atoms with Gasteiger partial charge in [0.25, 0.3) is 0 Å². The van der Waals surface area contributed by atoms with E-state index in [0.717, 1.165) is 0 Å². The molecule has 0 spiro atoms. The Kier molecular flexibility index (Phi) is 1.58. The third-order valence-electron chi connectivity index (χ3n) is 2.11. The topological polar surface area (TPSA) is 37.3 Å². The van der Waals surface area contributed by atoms with Crippen molar-refractivity contribution < 1.29 is 9.90 Å². The van der Waals surface area contributed by atoms with Crippen LogP contribution in [0.3, 0.4) is 0 Å². The molecule has 0 aromatic carbocycles. The summed E-state index contributed by atoms with van der Waals surface area (Å²) in [7, 11) is 0. The molecule has 1 aliphatic rings. The molecule has 0 aliphatic heterocycles. The fourth-order valence-corrected chi connectivity index (χ4v) is 1.32. The highest BCUT2D eigenvalue weighted by Gasteiger charge is 2.34. The van der Waals surface area contributed by atoms with E-state index in [0.29, 0.717) is 6.42 Å². The predicted octanol–water partition coefficient (Wildman–Crippen LogP) is 0.592. The van der Waals surface area contributed by atoms with E-state index in [4.69, 9.17) is 5.11 Å². The summed E-state index contributed by atoms with van der Waals surface area (Å²) in [5.41, 5.74) is 0. The Morgan fingerprint density at radius 1 is 1.56 bits per heavy atom. The zero-order valence-corrected chi connectivity index (χ0v) is 5.79. The standard InChI is InChI=1S/C7H12O2/c1-4-3-6(8)5(2)7(4)9/h4-6,8H,3H2,1-2H3/t4?,5-,6?/m0/s1. The Bertz CT molecular complexity index is 131. The maximum atomic E-state index is 11.0. The lowest BCUT2D eigenvalue weighted by molar-refractivity contribution is -0.123. The van der Waals surface area contributed by atoms with Gasteiger partial charge in [0.15, 0.2) is 0 Å². The Labute approximate surface area is 54.9 Å². The lowest BCUT2D eigenvalue weighted by Gasteiger charge is -2.02. The molecule has 0 bridgehead atoms. The molecule has 2 unspecified atom stereocenters. The largest absolute Gasteiger partial charge is 0.392 e. The summed E-state index contributed by atoms with van der Waals surface area (Å²) in [6, 6.07) is 0. The van der Waals surface area contributed by atoms with Crippen molar-refractivity contribution >= 4 is 5.78 Å². The van der Waals surface area contributed by atoms with Crippen molar-refractivity contribution in [3.8, 4) is 0 Å². The van der Waals surface area contributed by atoms with Gasteiger partial charge in [-0.1, -0.05) is 13.8 Å². The molecule has 1 fully saturated rings. The number of rotatable bonds is 0. The van der Waals surface area contributed by atoms with Crippen molar-refractivity contribution in [2.45, 2.75) is 26.4 Å². The van der Waals surface area contributed by atoms with E-state index in [1.165, 1.54) is 0 Å². The minimum Gasteiger partial charge on any atom is -0.392 e. The van der Waals surface area contributed by atoms with Gasteiger partial charge in [0.05, 0.1) is 6.10 Å². The van der Waals surface area contributed by atoms with Crippen molar-refractivity contribution in [3.05, 3.63) is 0 Å². The second-order valence-corrected chi connectivity index (χ2v) is 2.90. The fraction of sp³-hybridized carbons (Fsp3) is 0.857. The molecule has 3 atom stereocenters. The molecule has 9 heavy (non-hydrogen) atoms. The van der Waals surface area contributed by atoms with Crippen LogP contribution in [0.5, 0.6) is 0 Å². The van der Waals surface area contributed by atoms with E-state index >= 15 is 0 Å². The van der Waals surface area contributed by atoms with E-state index in [1.54, 1.807) is 6.92 Å². The minimum absolute atomic E-state index is 0.0787. The smallest absolute Gasteiger partial charge is 0.141 e. The molecule has 2 nitrogen and oxygen atoms in total. The van der Waals surface area contributed by atoms with Gasteiger partial charge in [-0.15, -0.1) is 0 Å². The average Bonchev–Trinajstić information content (AvgIpc) is 1.98. The van der Waals surface area contributed by atoms with Crippen LogP contribution in [0.1, 0.15) is 20.3 Å². The lowest BCUT2D eigenvalue weighted by atomic mass is 10.1. The Morgan fingerprint density at radius 3 is 2.22 bits per heavy atom. The summed E-state index contributed by atoms with van der Waals surface area (Å²) in [6.07, 6.45) is 0.271. The number of hydrogen-bond acceptors (Lipinski definition) is 2. The fourth-order valence-electron chi connectivity index (χ4n) is 1.32. The lowest BCUT2D eigenvalue weighted by Crippen LogP contribution is -2.15. The molecule has 0 saturated heterocycles. The minimum atomic E-state index is -0.382. The second-order valence-electron chi connectivity index (χ2n) is 2.90. The number of carbonyl (C=O) groups excluding carboxylic acids is 1. The van der Waals surface area contributed by atoms with Gasteiger partial charge in [-0.25, -0.2) is 0 Å². The van der Waals surface area contributed by atoms with E-state index in [-0.39, 0.29) is 23.7 Å². The van der Waals surface area contributed by atoms with Crippen LogP contribution in [0.25, 0.3) is 0 Å². The first kappa shape index (κ1) is 6.75. The molecule has 1 aliphatic carbocycles. The van der Waals surface area contributed by atoms with E-state index in [9.17, 15) is 4.79 Å².